The van der Waals surface area contributed by atoms with Gasteiger partial charge in [0.1, 0.15) is 37.6 Å². The number of hydrogen-bond donors (Lipinski definition) is 5. The standard InChI is InChI=1S/C25H24N4O4S8.C2H4O3/c30-17-24(18-31,23(32)38-34-19-9-1-5-13-26-19)25(39-35-20-10-2-6-14-27-20,40-36-21-11-3-7-15-28-21)33-41-37-22-12-4-8-16-29-22;3-1-2(4)5/h1-16,23,30-32H,17-18H2;3H,1H2,(H,4,5). The highest BCUT2D eigenvalue weighted by Crippen LogP contribution is 2.65. The highest BCUT2D eigenvalue weighted by Gasteiger charge is 2.60. The Morgan fingerprint density at radius 1 is 0.674 bits per heavy atom. The fourth-order valence-corrected chi connectivity index (χ4v) is 14.3. The molecule has 0 aliphatic rings. The molecule has 0 bridgehead atoms. The molecule has 5 N–H and O–H groups in total. The molecule has 1 unspecified atom stereocenters. The summed E-state index contributed by atoms with van der Waals surface area (Å²) in [6, 6.07) is 22.2. The Hall–Kier alpha value is -1.33. The van der Waals surface area contributed by atoms with E-state index in [1.807, 2.05) is 72.8 Å². The normalized spacial score (nSPS) is 12.2. The first-order valence-electron chi connectivity index (χ1n) is 12.8. The van der Waals surface area contributed by atoms with Crippen LogP contribution in [0.4, 0.5) is 0 Å². The van der Waals surface area contributed by atoms with Crippen molar-refractivity contribution in [2.75, 3.05) is 19.8 Å². The molecule has 0 aromatic carbocycles. The first-order valence-corrected chi connectivity index (χ1v) is 21.4. The van der Waals surface area contributed by atoms with Gasteiger partial charge in [0.15, 0.2) is 0 Å². The molecule has 46 heavy (non-hydrogen) atoms. The van der Waals surface area contributed by atoms with Crippen molar-refractivity contribution in [1.29, 1.82) is 0 Å². The summed E-state index contributed by atoms with van der Waals surface area (Å²) >= 11 is 1.06. The van der Waals surface area contributed by atoms with E-state index in [1.165, 1.54) is 64.8 Å². The van der Waals surface area contributed by atoms with Crippen molar-refractivity contribution in [3.8, 4) is 0 Å². The monoisotopic (exact) mass is 776 g/mol. The van der Waals surface area contributed by atoms with E-state index in [-0.39, 0.29) is 0 Å². The number of rotatable bonds is 18. The third-order valence-electron chi connectivity index (χ3n) is 5.29. The van der Waals surface area contributed by atoms with Crippen molar-refractivity contribution < 1.29 is 34.5 Å². The van der Waals surface area contributed by atoms with Crippen molar-refractivity contribution in [2.45, 2.75) is 29.8 Å². The molecule has 4 heterocycles. The van der Waals surface area contributed by atoms with E-state index in [0.717, 1.165) is 26.9 Å². The van der Waals surface area contributed by atoms with E-state index in [0.29, 0.717) is 15.1 Å². The minimum absolute atomic E-state index is 0.583. The SMILES string of the molecule is O=C(O)CO.OCC(CO)(C(O)SSc1ccccn1)C(OSSc1ccccn1)(SSc1ccccn1)SSc1ccccn1. The second kappa shape index (κ2) is 21.6. The molecule has 11 nitrogen and oxygen atoms in total. The molecule has 0 spiro atoms. The van der Waals surface area contributed by atoms with Crippen LogP contribution in [0.15, 0.2) is 118 Å². The molecular formula is C27H28N4O7S8. The van der Waals surface area contributed by atoms with Crippen LogP contribution in [0.5, 0.6) is 0 Å². The summed E-state index contributed by atoms with van der Waals surface area (Å²) in [6.45, 7) is -1.94. The molecule has 0 aliphatic heterocycles. The van der Waals surface area contributed by atoms with Crippen LogP contribution in [0.25, 0.3) is 0 Å². The summed E-state index contributed by atoms with van der Waals surface area (Å²) in [7, 11) is 8.79. The van der Waals surface area contributed by atoms with Gasteiger partial charge in [-0.05, 0) is 113 Å². The largest absolute Gasteiger partial charge is 0.480 e. The first-order chi connectivity index (χ1) is 22.4. The van der Waals surface area contributed by atoms with E-state index in [2.05, 4.69) is 19.9 Å². The first kappa shape index (κ1) is 39.1. The summed E-state index contributed by atoms with van der Waals surface area (Å²) in [5, 5.41) is 51.4. The molecule has 0 saturated carbocycles. The molecule has 0 fully saturated rings. The maximum Gasteiger partial charge on any atom is 0.329 e. The number of carboxylic acid groups (broad SMARTS) is 1. The van der Waals surface area contributed by atoms with Crippen molar-refractivity contribution in [1.82, 2.24) is 19.9 Å². The molecule has 0 amide bonds. The van der Waals surface area contributed by atoms with Gasteiger partial charge in [-0.1, -0.05) is 35.1 Å². The van der Waals surface area contributed by atoms with Crippen LogP contribution in [0.1, 0.15) is 0 Å². The van der Waals surface area contributed by atoms with Crippen molar-refractivity contribution >= 4 is 92.6 Å². The molecule has 0 radical (unpaired) electrons. The van der Waals surface area contributed by atoms with E-state index < -0.39 is 40.9 Å². The average Bonchev–Trinajstić information content (AvgIpc) is 3.11. The van der Waals surface area contributed by atoms with Gasteiger partial charge in [0.25, 0.3) is 0 Å². The number of aliphatic hydroxyl groups excluding tert-OH is 4. The molecule has 4 aromatic rings. The van der Waals surface area contributed by atoms with Crippen LogP contribution >= 0.6 is 86.6 Å². The van der Waals surface area contributed by atoms with Crippen molar-refractivity contribution in [3.05, 3.63) is 97.6 Å². The highest BCUT2D eigenvalue weighted by molar-refractivity contribution is 8.86. The fourth-order valence-electron chi connectivity index (χ4n) is 2.91. The lowest BCUT2D eigenvalue weighted by atomic mass is 9.91. The number of nitrogens with zero attached hydrogens (tertiary/aromatic N) is 4. The summed E-state index contributed by atoms with van der Waals surface area (Å²) in [4.78, 5) is 26.6. The maximum absolute atomic E-state index is 11.7. The number of aromatic nitrogens is 4. The van der Waals surface area contributed by atoms with E-state index in [9.17, 15) is 15.3 Å². The van der Waals surface area contributed by atoms with Crippen molar-refractivity contribution in [2.24, 2.45) is 5.41 Å². The van der Waals surface area contributed by atoms with E-state index >= 15 is 0 Å². The molecule has 0 saturated heterocycles. The third-order valence-corrected chi connectivity index (χ3v) is 16.2. The molecule has 246 valence electrons. The van der Waals surface area contributed by atoms with Crippen LogP contribution in [0.3, 0.4) is 0 Å². The Bertz CT molecular complexity index is 1360. The number of carbonyl (C=O) groups is 1. The van der Waals surface area contributed by atoms with Gasteiger partial charge in [-0.25, -0.2) is 24.7 Å². The van der Waals surface area contributed by atoms with Gasteiger partial charge in [0.05, 0.1) is 24.3 Å². The average molecular weight is 777 g/mol. The minimum atomic E-state index is -1.57. The Labute approximate surface area is 297 Å². The van der Waals surface area contributed by atoms with E-state index in [4.69, 9.17) is 19.2 Å². The molecular weight excluding hydrogens is 749 g/mol. The zero-order valence-electron chi connectivity index (χ0n) is 23.5. The van der Waals surface area contributed by atoms with Gasteiger partial charge in [-0.15, -0.1) is 0 Å². The van der Waals surface area contributed by atoms with Crippen LogP contribution in [-0.2, 0) is 8.98 Å². The van der Waals surface area contributed by atoms with Gasteiger partial charge < -0.3 is 25.5 Å². The van der Waals surface area contributed by atoms with Gasteiger partial charge in [0, 0.05) is 24.8 Å². The van der Waals surface area contributed by atoms with Crippen LogP contribution in [-0.4, -0.2) is 81.0 Å². The minimum Gasteiger partial charge on any atom is -0.480 e. The predicted octanol–water partition coefficient (Wildman–Crippen LogP) is 6.27. The van der Waals surface area contributed by atoms with Gasteiger partial charge in [-0.2, -0.15) is 0 Å². The van der Waals surface area contributed by atoms with Gasteiger partial charge in [-0.3, -0.25) is 4.18 Å². The summed E-state index contributed by atoms with van der Waals surface area (Å²) in [5.74, 6) is -1.19. The lowest BCUT2D eigenvalue weighted by Crippen LogP contribution is -2.55. The lowest BCUT2D eigenvalue weighted by molar-refractivity contribution is -0.140. The van der Waals surface area contributed by atoms with Crippen LogP contribution in [0, 0.1) is 5.41 Å². The van der Waals surface area contributed by atoms with E-state index in [1.54, 1.807) is 24.8 Å². The van der Waals surface area contributed by atoms with Gasteiger partial charge in [0.2, 0.25) is 4.27 Å². The zero-order valence-corrected chi connectivity index (χ0v) is 30.1. The molecule has 19 heteroatoms. The Kier molecular flexibility index (Phi) is 18.4. The Morgan fingerprint density at radius 3 is 1.41 bits per heavy atom. The molecule has 0 aliphatic carbocycles. The number of hydrogen-bond acceptors (Lipinski definition) is 18. The number of aliphatic carboxylic acids is 1. The maximum atomic E-state index is 11.7. The topological polar surface area (TPSA) is 179 Å². The Balaban J connectivity index is 0.00000107. The predicted molar refractivity (Wildman–Crippen MR) is 192 cm³/mol. The van der Waals surface area contributed by atoms with Crippen molar-refractivity contribution in [3.63, 3.8) is 0 Å². The van der Waals surface area contributed by atoms with Crippen LogP contribution in [0.2, 0.25) is 0 Å². The smallest absolute Gasteiger partial charge is 0.329 e. The molecule has 4 aromatic heterocycles. The number of aliphatic hydroxyl groups is 4. The highest BCUT2D eigenvalue weighted by atomic mass is 33.1. The van der Waals surface area contributed by atoms with Gasteiger partial charge >= 0.3 is 5.97 Å². The number of pyridine rings is 4. The second-order valence-electron chi connectivity index (χ2n) is 8.35. The second-order valence-corrected chi connectivity index (χ2v) is 17.4. The Morgan fingerprint density at radius 2 is 1.07 bits per heavy atom. The summed E-state index contributed by atoms with van der Waals surface area (Å²) in [5.41, 5.74) is -2.85. The summed E-state index contributed by atoms with van der Waals surface area (Å²) < 4.78 is 5.11. The van der Waals surface area contributed by atoms with Crippen LogP contribution < -0.4 is 0 Å². The zero-order chi connectivity index (χ0) is 33.1. The quantitative estimate of drug-likeness (QED) is 0.0433. The molecule has 4 rings (SSSR count). The fraction of sp³-hybridized carbons (Fsp3) is 0.222. The molecule has 1 atom stereocenters. The lowest BCUT2D eigenvalue weighted by Gasteiger charge is -2.47. The number of carboxylic acids is 1. The summed E-state index contributed by atoms with van der Waals surface area (Å²) in [6.07, 6.45) is 6.73. The third kappa shape index (κ3) is 12.3.